The van der Waals surface area contributed by atoms with Gasteiger partial charge in [0.2, 0.25) is 0 Å². The molecule has 1 saturated heterocycles. The molecule has 2 aromatic rings. The number of hydrogen-bond acceptors (Lipinski definition) is 4. The highest BCUT2D eigenvalue weighted by Crippen LogP contribution is 2.23. The van der Waals surface area contributed by atoms with E-state index in [9.17, 15) is 9.59 Å². The van der Waals surface area contributed by atoms with Gasteiger partial charge in [-0.25, -0.2) is 0 Å². The number of para-hydroxylation sites is 1. The van der Waals surface area contributed by atoms with E-state index in [1.807, 2.05) is 24.1 Å². The first-order valence-electron chi connectivity index (χ1n) is 9.10. The second-order valence-electron chi connectivity index (χ2n) is 6.69. The lowest BCUT2D eigenvalue weighted by molar-refractivity contribution is 0.0788. The number of carbonyl (C=O) groups excluding carboxylic acids is 2. The molecule has 2 aromatic carbocycles. The summed E-state index contributed by atoms with van der Waals surface area (Å²) in [4.78, 5) is 27.4. The van der Waals surface area contributed by atoms with Gasteiger partial charge < -0.3 is 20.3 Å². The summed E-state index contributed by atoms with van der Waals surface area (Å²) in [6.07, 6.45) is 0.993. The third-order valence-corrected chi connectivity index (χ3v) is 4.82. The van der Waals surface area contributed by atoms with E-state index < -0.39 is 0 Å². The van der Waals surface area contributed by atoms with Crippen molar-refractivity contribution in [3.05, 3.63) is 59.7 Å². The van der Waals surface area contributed by atoms with Gasteiger partial charge in [0.25, 0.3) is 11.8 Å². The van der Waals surface area contributed by atoms with Crippen molar-refractivity contribution in [2.75, 3.05) is 39.1 Å². The molecule has 0 aliphatic carbocycles. The van der Waals surface area contributed by atoms with Gasteiger partial charge in [-0.05, 0) is 62.3 Å². The molecule has 1 aliphatic rings. The summed E-state index contributed by atoms with van der Waals surface area (Å²) < 4.78 is 5.11. The van der Waals surface area contributed by atoms with Gasteiger partial charge in [-0.3, -0.25) is 9.59 Å². The van der Waals surface area contributed by atoms with Crippen LogP contribution in [0.3, 0.4) is 0 Å². The van der Waals surface area contributed by atoms with Crippen molar-refractivity contribution in [3.63, 3.8) is 0 Å². The van der Waals surface area contributed by atoms with Gasteiger partial charge >= 0.3 is 0 Å². The first-order chi connectivity index (χ1) is 13.1. The number of nitrogens with zero attached hydrogens (tertiary/aromatic N) is 1. The molecule has 1 atom stereocenters. The van der Waals surface area contributed by atoms with E-state index in [1.165, 1.54) is 0 Å². The minimum atomic E-state index is -0.257. The molecule has 2 N–H and O–H groups in total. The average molecular weight is 367 g/mol. The summed E-state index contributed by atoms with van der Waals surface area (Å²) in [5.41, 5.74) is 1.55. The summed E-state index contributed by atoms with van der Waals surface area (Å²) in [7, 11) is 3.50. The van der Waals surface area contributed by atoms with Crippen molar-refractivity contribution in [1.29, 1.82) is 0 Å². The maximum atomic E-state index is 13.0. The van der Waals surface area contributed by atoms with Crippen LogP contribution in [0.4, 0.5) is 5.69 Å². The van der Waals surface area contributed by atoms with Crippen LogP contribution in [-0.4, -0.2) is 50.5 Å². The number of methoxy groups -OCH3 is 1. The molecule has 6 heteroatoms. The molecule has 2 amide bonds. The molecule has 1 aliphatic heterocycles. The zero-order chi connectivity index (χ0) is 19.2. The number of nitrogens with one attached hydrogen (secondary N) is 2. The van der Waals surface area contributed by atoms with Crippen LogP contribution in [0.25, 0.3) is 0 Å². The Balaban J connectivity index is 1.73. The van der Waals surface area contributed by atoms with Crippen LogP contribution in [0.1, 0.15) is 27.1 Å². The molecule has 1 unspecified atom stereocenters. The smallest absolute Gasteiger partial charge is 0.255 e. The van der Waals surface area contributed by atoms with Gasteiger partial charge in [-0.15, -0.1) is 0 Å². The molecule has 142 valence electrons. The Bertz CT molecular complexity index is 805. The highest BCUT2D eigenvalue weighted by Gasteiger charge is 2.27. The average Bonchev–Trinajstić information content (AvgIpc) is 3.17. The van der Waals surface area contributed by atoms with Crippen LogP contribution >= 0.6 is 0 Å². The lowest BCUT2D eigenvalue weighted by atomic mass is 10.1. The van der Waals surface area contributed by atoms with E-state index in [0.717, 1.165) is 26.1 Å². The minimum Gasteiger partial charge on any atom is -0.497 e. The molecule has 0 aromatic heterocycles. The number of rotatable bonds is 6. The van der Waals surface area contributed by atoms with Crippen molar-refractivity contribution in [1.82, 2.24) is 10.2 Å². The summed E-state index contributed by atoms with van der Waals surface area (Å²) >= 11 is 0. The van der Waals surface area contributed by atoms with Gasteiger partial charge in [-0.1, -0.05) is 12.1 Å². The van der Waals surface area contributed by atoms with E-state index in [-0.39, 0.29) is 11.8 Å². The van der Waals surface area contributed by atoms with Gasteiger partial charge in [-0.2, -0.15) is 0 Å². The Labute approximate surface area is 159 Å². The summed E-state index contributed by atoms with van der Waals surface area (Å²) in [5, 5.41) is 6.03. The largest absolute Gasteiger partial charge is 0.497 e. The van der Waals surface area contributed by atoms with Crippen LogP contribution in [0.15, 0.2) is 48.5 Å². The second kappa shape index (κ2) is 8.68. The Morgan fingerprint density at radius 3 is 2.59 bits per heavy atom. The molecular formula is C21H25N3O3. The third-order valence-electron chi connectivity index (χ3n) is 4.82. The molecule has 1 heterocycles. The molecule has 1 fully saturated rings. The number of anilines is 1. The molecule has 0 radical (unpaired) electrons. The van der Waals surface area contributed by atoms with Crippen LogP contribution in [0.5, 0.6) is 5.75 Å². The molecule has 3 rings (SSSR count). The number of likely N-dealkylation sites (tertiary alicyclic amines) is 1. The third kappa shape index (κ3) is 4.46. The minimum absolute atomic E-state index is 0.0424. The quantitative estimate of drug-likeness (QED) is 0.823. The van der Waals surface area contributed by atoms with Crippen LogP contribution < -0.4 is 15.4 Å². The van der Waals surface area contributed by atoms with Crippen LogP contribution in [0, 0.1) is 5.92 Å². The van der Waals surface area contributed by atoms with Crippen molar-refractivity contribution in [2.45, 2.75) is 6.42 Å². The number of benzene rings is 2. The zero-order valence-corrected chi connectivity index (χ0v) is 15.7. The molecule has 0 bridgehead atoms. The Hall–Kier alpha value is -2.86. The number of hydrogen-bond donors (Lipinski definition) is 2. The van der Waals surface area contributed by atoms with Crippen LogP contribution in [-0.2, 0) is 0 Å². The Kier molecular flexibility index (Phi) is 6.08. The summed E-state index contributed by atoms with van der Waals surface area (Å²) in [5.74, 6) is 0.860. The first-order valence-corrected chi connectivity index (χ1v) is 9.10. The first kappa shape index (κ1) is 18.9. The fourth-order valence-corrected chi connectivity index (χ4v) is 3.36. The van der Waals surface area contributed by atoms with E-state index >= 15 is 0 Å². The van der Waals surface area contributed by atoms with E-state index in [0.29, 0.717) is 28.5 Å². The van der Waals surface area contributed by atoms with Crippen molar-refractivity contribution >= 4 is 17.5 Å². The number of amides is 2. The highest BCUT2D eigenvalue weighted by molar-refractivity contribution is 6.09. The fraction of sp³-hybridized carbons (Fsp3) is 0.333. The van der Waals surface area contributed by atoms with E-state index in [4.69, 9.17) is 4.74 Å². The molecule has 0 spiro atoms. The summed E-state index contributed by atoms with van der Waals surface area (Å²) in [6.45, 7) is 2.38. The SMILES string of the molecule is CNCC1CCN(C(=O)c2ccccc2NC(=O)c2ccc(OC)cc2)C1. The van der Waals surface area contributed by atoms with Crippen molar-refractivity contribution in [3.8, 4) is 5.75 Å². The molecule has 27 heavy (non-hydrogen) atoms. The van der Waals surface area contributed by atoms with Gasteiger partial charge in [0.15, 0.2) is 0 Å². The lowest BCUT2D eigenvalue weighted by Gasteiger charge is -2.19. The van der Waals surface area contributed by atoms with Gasteiger partial charge in [0, 0.05) is 18.7 Å². The molecule has 0 saturated carbocycles. The Morgan fingerprint density at radius 1 is 1.15 bits per heavy atom. The monoisotopic (exact) mass is 367 g/mol. The maximum absolute atomic E-state index is 13.0. The van der Waals surface area contributed by atoms with Gasteiger partial charge in [0.05, 0.1) is 18.4 Å². The van der Waals surface area contributed by atoms with Crippen molar-refractivity contribution in [2.24, 2.45) is 5.92 Å². The lowest BCUT2D eigenvalue weighted by Crippen LogP contribution is -2.31. The van der Waals surface area contributed by atoms with Crippen LogP contribution in [0.2, 0.25) is 0 Å². The predicted octanol–water partition coefficient (Wildman–Crippen LogP) is 2.63. The summed E-state index contributed by atoms with van der Waals surface area (Å²) in [6, 6.07) is 14.0. The van der Waals surface area contributed by atoms with Gasteiger partial charge in [0.1, 0.15) is 5.75 Å². The predicted molar refractivity (Wildman–Crippen MR) is 105 cm³/mol. The maximum Gasteiger partial charge on any atom is 0.255 e. The van der Waals surface area contributed by atoms with E-state index in [2.05, 4.69) is 10.6 Å². The van der Waals surface area contributed by atoms with E-state index in [1.54, 1.807) is 43.5 Å². The standard InChI is InChI=1S/C21H25N3O3/c1-22-13-15-11-12-24(14-15)21(26)18-5-3-4-6-19(18)23-20(25)16-7-9-17(27-2)10-8-16/h3-10,15,22H,11-14H2,1-2H3,(H,23,25). The normalized spacial score (nSPS) is 16.2. The second-order valence-corrected chi connectivity index (χ2v) is 6.69. The Morgan fingerprint density at radius 2 is 1.89 bits per heavy atom. The topological polar surface area (TPSA) is 70.7 Å². The highest BCUT2D eigenvalue weighted by atomic mass is 16.5. The van der Waals surface area contributed by atoms with Crippen molar-refractivity contribution < 1.29 is 14.3 Å². The zero-order valence-electron chi connectivity index (χ0n) is 15.7. The molecule has 6 nitrogen and oxygen atoms in total. The number of carbonyl (C=O) groups is 2. The number of ether oxygens (including phenoxy) is 1. The fourth-order valence-electron chi connectivity index (χ4n) is 3.36. The molecular weight excluding hydrogens is 342 g/mol.